The fourth-order valence-electron chi connectivity index (χ4n) is 4.26. The summed E-state index contributed by atoms with van der Waals surface area (Å²) in [6.45, 7) is 0.187. The molecule has 1 heterocycles. The zero-order chi connectivity index (χ0) is 23.0. The molecular formula is C24H20Br2FN3O2. The Morgan fingerprint density at radius 3 is 2.62 bits per heavy atom. The number of rotatable bonds is 4. The van der Waals surface area contributed by atoms with Gasteiger partial charge in [0.1, 0.15) is 24.0 Å². The van der Waals surface area contributed by atoms with Crippen molar-refractivity contribution in [1.29, 1.82) is 5.26 Å². The van der Waals surface area contributed by atoms with Crippen LogP contribution in [-0.2, 0) is 11.4 Å². The maximum Gasteiger partial charge on any atom is 0.161 e. The van der Waals surface area contributed by atoms with Gasteiger partial charge in [-0.3, -0.25) is 4.79 Å². The number of ether oxygens (including phenoxy) is 1. The maximum absolute atomic E-state index is 13.5. The van der Waals surface area contributed by atoms with Crippen molar-refractivity contribution in [1.82, 2.24) is 4.90 Å². The number of nitriles is 1. The van der Waals surface area contributed by atoms with Gasteiger partial charge in [0.2, 0.25) is 0 Å². The van der Waals surface area contributed by atoms with Crippen molar-refractivity contribution in [2.75, 3.05) is 7.05 Å². The van der Waals surface area contributed by atoms with Crippen LogP contribution in [0.5, 0.6) is 5.75 Å². The van der Waals surface area contributed by atoms with E-state index in [1.165, 1.54) is 12.1 Å². The van der Waals surface area contributed by atoms with Crippen LogP contribution in [-0.4, -0.2) is 17.7 Å². The first kappa shape index (κ1) is 22.6. The van der Waals surface area contributed by atoms with Gasteiger partial charge >= 0.3 is 0 Å². The van der Waals surface area contributed by atoms with Crippen LogP contribution in [0.15, 0.2) is 68.0 Å². The van der Waals surface area contributed by atoms with E-state index in [1.807, 2.05) is 12.1 Å². The highest BCUT2D eigenvalue weighted by molar-refractivity contribution is 9.11. The second-order valence-corrected chi connectivity index (χ2v) is 9.48. The third kappa shape index (κ3) is 4.07. The Labute approximate surface area is 202 Å². The molecule has 2 aromatic rings. The van der Waals surface area contributed by atoms with E-state index < -0.39 is 5.92 Å². The SMILES string of the molecule is CN1C(N)=C(C#N)[C@@H](c2cc(Br)c(OCc3cccc(F)c3)c(Br)c2)C2=C1CCCC2=O. The van der Waals surface area contributed by atoms with Crippen LogP contribution in [0.2, 0.25) is 0 Å². The number of allylic oxidation sites excluding steroid dienone is 3. The summed E-state index contributed by atoms with van der Waals surface area (Å²) in [5.74, 6) is 0.0950. The fourth-order valence-corrected chi connectivity index (χ4v) is 5.71. The highest BCUT2D eigenvalue weighted by Crippen LogP contribution is 2.46. The summed E-state index contributed by atoms with van der Waals surface area (Å²) in [5.41, 5.74) is 9.63. The Hall–Kier alpha value is -2.63. The van der Waals surface area contributed by atoms with Crippen molar-refractivity contribution in [2.24, 2.45) is 5.73 Å². The normalized spacial score (nSPS) is 18.5. The molecular weight excluding hydrogens is 541 g/mol. The monoisotopic (exact) mass is 559 g/mol. The largest absolute Gasteiger partial charge is 0.487 e. The summed E-state index contributed by atoms with van der Waals surface area (Å²) in [7, 11) is 1.80. The van der Waals surface area contributed by atoms with E-state index in [0.717, 1.165) is 24.1 Å². The molecule has 0 unspecified atom stereocenters. The first-order valence-corrected chi connectivity index (χ1v) is 11.7. The fraction of sp³-hybridized carbons (Fsp3) is 0.250. The molecule has 1 atom stereocenters. The van der Waals surface area contributed by atoms with Gasteiger partial charge < -0.3 is 15.4 Å². The van der Waals surface area contributed by atoms with Gasteiger partial charge in [0.15, 0.2) is 5.78 Å². The molecule has 4 rings (SSSR count). The molecule has 32 heavy (non-hydrogen) atoms. The molecule has 8 heteroatoms. The van der Waals surface area contributed by atoms with Gasteiger partial charge in [-0.05, 0) is 80.1 Å². The van der Waals surface area contributed by atoms with Crippen molar-refractivity contribution in [3.05, 3.63) is 85.0 Å². The van der Waals surface area contributed by atoms with E-state index in [2.05, 4.69) is 37.9 Å². The van der Waals surface area contributed by atoms with Gasteiger partial charge in [-0.2, -0.15) is 5.26 Å². The van der Waals surface area contributed by atoms with Gasteiger partial charge in [0.05, 0.1) is 26.5 Å². The third-order valence-corrected chi connectivity index (χ3v) is 6.97. The molecule has 0 radical (unpaired) electrons. The lowest BCUT2D eigenvalue weighted by molar-refractivity contribution is -0.116. The predicted octanol–water partition coefficient (Wildman–Crippen LogP) is 5.66. The van der Waals surface area contributed by atoms with E-state index in [-0.39, 0.29) is 18.2 Å². The Bertz CT molecular complexity index is 1190. The van der Waals surface area contributed by atoms with Crippen molar-refractivity contribution in [3.63, 3.8) is 0 Å². The molecule has 0 aromatic heterocycles. The number of halogens is 3. The van der Waals surface area contributed by atoms with Gasteiger partial charge in [0.25, 0.3) is 0 Å². The number of hydrogen-bond donors (Lipinski definition) is 1. The molecule has 2 aromatic carbocycles. The molecule has 2 aliphatic rings. The van der Waals surface area contributed by atoms with Gasteiger partial charge in [-0.15, -0.1) is 0 Å². The molecule has 1 aliphatic heterocycles. The molecule has 0 spiro atoms. The summed E-state index contributed by atoms with van der Waals surface area (Å²) in [6.07, 6.45) is 1.97. The number of benzene rings is 2. The van der Waals surface area contributed by atoms with Gasteiger partial charge in [-0.1, -0.05) is 12.1 Å². The molecule has 0 bridgehead atoms. The van der Waals surface area contributed by atoms with Crippen molar-refractivity contribution in [3.8, 4) is 11.8 Å². The van der Waals surface area contributed by atoms with Crippen LogP contribution in [0, 0.1) is 17.1 Å². The number of carbonyl (C=O) groups excluding carboxylic acids is 1. The molecule has 1 aliphatic carbocycles. The molecule has 0 saturated carbocycles. The average Bonchev–Trinajstić information content (AvgIpc) is 2.75. The molecule has 0 fully saturated rings. The first-order valence-electron chi connectivity index (χ1n) is 10.1. The molecule has 2 N–H and O–H groups in total. The Morgan fingerprint density at radius 2 is 1.97 bits per heavy atom. The van der Waals surface area contributed by atoms with Crippen LogP contribution >= 0.6 is 31.9 Å². The van der Waals surface area contributed by atoms with Crippen molar-refractivity contribution >= 4 is 37.6 Å². The first-order chi connectivity index (χ1) is 15.3. The van der Waals surface area contributed by atoms with E-state index in [9.17, 15) is 14.4 Å². The molecule has 0 amide bonds. The van der Waals surface area contributed by atoms with Crippen LogP contribution in [0.1, 0.15) is 36.3 Å². The lowest BCUT2D eigenvalue weighted by Gasteiger charge is -2.37. The van der Waals surface area contributed by atoms with Crippen LogP contribution in [0.4, 0.5) is 4.39 Å². The minimum atomic E-state index is -0.538. The van der Waals surface area contributed by atoms with Crippen LogP contribution < -0.4 is 10.5 Å². The topological polar surface area (TPSA) is 79.3 Å². The van der Waals surface area contributed by atoms with Crippen LogP contribution in [0.25, 0.3) is 0 Å². The average molecular weight is 561 g/mol. The lowest BCUT2D eigenvalue weighted by Crippen LogP contribution is -2.36. The summed E-state index contributed by atoms with van der Waals surface area (Å²) in [5, 5.41) is 9.89. The van der Waals surface area contributed by atoms with Gasteiger partial charge in [-0.25, -0.2) is 4.39 Å². The number of carbonyl (C=O) groups is 1. The Kier molecular flexibility index (Phi) is 6.40. The molecule has 5 nitrogen and oxygen atoms in total. The summed E-state index contributed by atoms with van der Waals surface area (Å²) in [6, 6.07) is 12.1. The highest BCUT2D eigenvalue weighted by Gasteiger charge is 2.39. The number of nitrogens with zero attached hydrogens (tertiary/aromatic N) is 2. The molecule has 0 saturated heterocycles. The predicted molar refractivity (Wildman–Crippen MR) is 126 cm³/mol. The zero-order valence-electron chi connectivity index (χ0n) is 17.3. The third-order valence-electron chi connectivity index (χ3n) is 5.79. The Morgan fingerprint density at radius 1 is 1.25 bits per heavy atom. The van der Waals surface area contributed by atoms with Crippen molar-refractivity contribution in [2.45, 2.75) is 31.8 Å². The van der Waals surface area contributed by atoms with E-state index in [4.69, 9.17) is 10.5 Å². The van der Waals surface area contributed by atoms with E-state index >= 15 is 0 Å². The number of hydrogen-bond acceptors (Lipinski definition) is 5. The minimum Gasteiger partial charge on any atom is -0.487 e. The van der Waals surface area contributed by atoms with E-state index in [1.54, 1.807) is 24.1 Å². The summed E-state index contributed by atoms with van der Waals surface area (Å²) < 4.78 is 20.7. The quantitative estimate of drug-likeness (QED) is 0.522. The number of Topliss-reactive ketones (excluding diaryl/α,β-unsaturated/α-hetero) is 1. The summed E-state index contributed by atoms with van der Waals surface area (Å²) in [4.78, 5) is 14.7. The number of nitrogens with two attached hydrogens (primary N) is 1. The smallest absolute Gasteiger partial charge is 0.161 e. The maximum atomic E-state index is 13.5. The van der Waals surface area contributed by atoms with Crippen LogP contribution in [0.3, 0.4) is 0 Å². The summed E-state index contributed by atoms with van der Waals surface area (Å²) >= 11 is 7.11. The van der Waals surface area contributed by atoms with Gasteiger partial charge in [0, 0.05) is 24.7 Å². The Balaban J connectivity index is 1.73. The second kappa shape index (κ2) is 9.08. The second-order valence-electron chi connectivity index (χ2n) is 7.77. The minimum absolute atomic E-state index is 0.0435. The van der Waals surface area contributed by atoms with E-state index in [0.29, 0.717) is 43.6 Å². The standard InChI is InChI=1S/C24H20Br2FN3O2/c1-30-19-6-3-7-20(31)22(19)21(16(11-28)24(30)29)14-9-17(25)23(18(26)10-14)32-12-13-4-2-5-15(27)8-13/h2,4-5,8-10,21H,3,6-7,12,29H2,1H3/t21-/m1/s1. The number of ketones is 1. The molecule has 164 valence electrons. The highest BCUT2D eigenvalue weighted by atomic mass is 79.9. The lowest BCUT2D eigenvalue weighted by atomic mass is 9.76. The van der Waals surface area contributed by atoms with Crippen molar-refractivity contribution < 1.29 is 13.9 Å². The zero-order valence-corrected chi connectivity index (χ0v) is 20.5.